The summed E-state index contributed by atoms with van der Waals surface area (Å²) in [7, 11) is 1.45. The number of ether oxygens (including phenoxy) is 1. The summed E-state index contributed by atoms with van der Waals surface area (Å²) in [6, 6.07) is 16.7. The number of furan rings is 1. The van der Waals surface area contributed by atoms with E-state index in [0.29, 0.717) is 33.1 Å². The molecule has 8 heteroatoms. The van der Waals surface area contributed by atoms with Gasteiger partial charge >= 0.3 is 0 Å². The van der Waals surface area contributed by atoms with Crippen LogP contribution >= 0.6 is 11.6 Å². The van der Waals surface area contributed by atoms with Crippen LogP contribution < -0.4 is 15.4 Å². The van der Waals surface area contributed by atoms with Gasteiger partial charge in [0.1, 0.15) is 17.1 Å². The van der Waals surface area contributed by atoms with Crippen LogP contribution in [0.25, 0.3) is 11.0 Å². The lowest BCUT2D eigenvalue weighted by molar-refractivity contribution is 0.0997. The van der Waals surface area contributed by atoms with Crippen molar-refractivity contribution < 1.29 is 23.1 Å². The normalized spacial score (nSPS) is 10.7. The molecule has 0 saturated heterocycles. The lowest BCUT2D eigenvalue weighted by atomic mass is 10.2. The molecule has 1 aromatic heterocycles. The Balaban J connectivity index is 1.56. The van der Waals surface area contributed by atoms with E-state index in [4.69, 9.17) is 20.8 Å². The third-order valence-electron chi connectivity index (χ3n) is 4.49. The Kier molecular flexibility index (Phi) is 5.60. The van der Waals surface area contributed by atoms with E-state index < -0.39 is 17.6 Å². The van der Waals surface area contributed by atoms with Gasteiger partial charge in [-0.15, -0.1) is 0 Å². The van der Waals surface area contributed by atoms with Gasteiger partial charge in [-0.3, -0.25) is 9.59 Å². The van der Waals surface area contributed by atoms with Gasteiger partial charge in [0.05, 0.1) is 12.8 Å². The van der Waals surface area contributed by atoms with Crippen molar-refractivity contribution in [2.45, 2.75) is 0 Å². The molecule has 4 rings (SSSR count). The molecule has 0 aliphatic rings. The monoisotopic (exact) mass is 438 g/mol. The molecule has 0 fully saturated rings. The smallest absolute Gasteiger partial charge is 0.291 e. The number of benzene rings is 3. The van der Waals surface area contributed by atoms with Gasteiger partial charge in [0, 0.05) is 21.7 Å². The summed E-state index contributed by atoms with van der Waals surface area (Å²) in [5.41, 5.74) is 1.40. The summed E-state index contributed by atoms with van der Waals surface area (Å²) < 4.78 is 24.2. The van der Waals surface area contributed by atoms with E-state index in [1.165, 1.54) is 31.4 Å². The number of hydrogen-bond donors (Lipinski definition) is 2. The summed E-state index contributed by atoms with van der Waals surface area (Å²) in [5, 5.41) is 6.62. The van der Waals surface area contributed by atoms with E-state index in [0.717, 1.165) is 6.07 Å². The van der Waals surface area contributed by atoms with Gasteiger partial charge in [0.25, 0.3) is 11.8 Å². The number of rotatable bonds is 5. The van der Waals surface area contributed by atoms with Crippen LogP contribution in [-0.2, 0) is 0 Å². The summed E-state index contributed by atoms with van der Waals surface area (Å²) in [5.74, 6) is -1.03. The van der Waals surface area contributed by atoms with Gasteiger partial charge in [0.15, 0.2) is 5.76 Å². The average Bonchev–Trinajstić information content (AvgIpc) is 3.17. The molecule has 156 valence electrons. The van der Waals surface area contributed by atoms with Crippen LogP contribution in [0.3, 0.4) is 0 Å². The molecule has 2 N–H and O–H groups in total. The molecule has 2 amide bonds. The summed E-state index contributed by atoms with van der Waals surface area (Å²) >= 11 is 5.97. The van der Waals surface area contributed by atoms with Crippen LogP contribution in [0.2, 0.25) is 5.02 Å². The molecule has 4 aromatic rings. The van der Waals surface area contributed by atoms with Crippen LogP contribution in [0.4, 0.5) is 15.8 Å². The van der Waals surface area contributed by atoms with Crippen molar-refractivity contribution in [1.29, 1.82) is 0 Å². The Labute approximate surface area is 181 Å². The van der Waals surface area contributed by atoms with Crippen molar-refractivity contribution in [3.05, 3.63) is 88.9 Å². The highest BCUT2D eigenvalue weighted by molar-refractivity contribution is 6.31. The molecule has 3 aromatic carbocycles. The molecule has 0 saturated carbocycles. The van der Waals surface area contributed by atoms with E-state index in [1.54, 1.807) is 36.4 Å². The first-order valence-corrected chi connectivity index (χ1v) is 9.56. The van der Waals surface area contributed by atoms with E-state index in [-0.39, 0.29) is 11.3 Å². The lowest BCUT2D eigenvalue weighted by Crippen LogP contribution is -2.14. The van der Waals surface area contributed by atoms with Gasteiger partial charge in [-0.1, -0.05) is 17.7 Å². The minimum Gasteiger partial charge on any atom is -0.495 e. The maximum atomic E-state index is 13.4. The van der Waals surface area contributed by atoms with Crippen molar-refractivity contribution in [3.8, 4) is 5.75 Å². The number of amides is 2. The molecule has 0 atom stereocenters. The summed E-state index contributed by atoms with van der Waals surface area (Å²) in [6.45, 7) is 0. The van der Waals surface area contributed by atoms with Crippen molar-refractivity contribution in [3.63, 3.8) is 0 Å². The van der Waals surface area contributed by atoms with Gasteiger partial charge < -0.3 is 19.8 Å². The number of carbonyl (C=O) groups is 2. The fraction of sp³-hybridized carbons (Fsp3) is 0.0435. The predicted octanol–water partition coefficient (Wildman–Crippen LogP) is 5.74. The van der Waals surface area contributed by atoms with Crippen molar-refractivity contribution in [2.24, 2.45) is 0 Å². The number of carbonyl (C=O) groups excluding carboxylic acids is 2. The number of nitrogens with one attached hydrogen (secondary N) is 2. The van der Waals surface area contributed by atoms with E-state index in [2.05, 4.69) is 10.6 Å². The van der Waals surface area contributed by atoms with E-state index in [9.17, 15) is 14.0 Å². The first kappa shape index (κ1) is 20.4. The highest BCUT2D eigenvalue weighted by Crippen LogP contribution is 2.29. The summed E-state index contributed by atoms with van der Waals surface area (Å²) in [6.07, 6.45) is 0. The molecule has 0 aliphatic carbocycles. The molecular formula is C23H16ClFN2O4. The molecule has 6 nitrogen and oxygen atoms in total. The number of halogens is 2. The number of anilines is 2. The molecule has 1 heterocycles. The minimum absolute atomic E-state index is 0.110. The van der Waals surface area contributed by atoms with Crippen LogP contribution in [-0.4, -0.2) is 18.9 Å². The second kappa shape index (κ2) is 8.49. The SMILES string of the molecule is COc1ccc(NC(=O)c2cc3cc(Cl)ccc3o2)cc1NC(=O)c1cccc(F)c1. The quantitative estimate of drug-likeness (QED) is 0.416. The molecular weight excluding hydrogens is 423 g/mol. The Morgan fingerprint density at radius 2 is 1.81 bits per heavy atom. The van der Waals surface area contributed by atoms with Gasteiger partial charge in [-0.2, -0.15) is 0 Å². The van der Waals surface area contributed by atoms with Crippen LogP contribution in [0.1, 0.15) is 20.9 Å². The van der Waals surface area contributed by atoms with Crippen LogP contribution in [0.15, 0.2) is 71.1 Å². The third kappa shape index (κ3) is 4.51. The number of fused-ring (bicyclic) bond motifs is 1. The second-order valence-corrected chi connectivity index (χ2v) is 7.06. The zero-order valence-corrected chi connectivity index (χ0v) is 17.0. The Morgan fingerprint density at radius 3 is 2.58 bits per heavy atom. The zero-order chi connectivity index (χ0) is 22.0. The van der Waals surface area contributed by atoms with Gasteiger partial charge in [-0.25, -0.2) is 4.39 Å². The maximum Gasteiger partial charge on any atom is 0.291 e. The molecule has 0 radical (unpaired) electrons. The standard InChI is InChI=1S/C23H16ClFN2O4/c1-30-20-8-6-17(12-18(20)27-22(28)13-3-2-4-16(25)10-13)26-23(29)21-11-14-9-15(24)5-7-19(14)31-21/h2-12H,1H3,(H,26,29)(H,27,28). The van der Waals surface area contributed by atoms with Crippen molar-refractivity contribution in [1.82, 2.24) is 0 Å². The maximum absolute atomic E-state index is 13.4. The highest BCUT2D eigenvalue weighted by Gasteiger charge is 2.15. The van der Waals surface area contributed by atoms with E-state index >= 15 is 0 Å². The average molecular weight is 439 g/mol. The van der Waals surface area contributed by atoms with E-state index in [1.807, 2.05) is 0 Å². The van der Waals surface area contributed by atoms with Crippen LogP contribution in [0, 0.1) is 5.82 Å². The van der Waals surface area contributed by atoms with Crippen LogP contribution in [0.5, 0.6) is 5.75 Å². The van der Waals surface area contributed by atoms with Gasteiger partial charge in [0.2, 0.25) is 0 Å². The minimum atomic E-state index is -0.521. The fourth-order valence-electron chi connectivity index (χ4n) is 3.03. The molecule has 0 spiro atoms. The second-order valence-electron chi connectivity index (χ2n) is 6.63. The van der Waals surface area contributed by atoms with Gasteiger partial charge in [-0.05, 0) is 60.7 Å². The number of hydrogen-bond acceptors (Lipinski definition) is 4. The zero-order valence-electron chi connectivity index (χ0n) is 16.2. The molecule has 0 bridgehead atoms. The first-order valence-electron chi connectivity index (χ1n) is 9.18. The fourth-order valence-corrected chi connectivity index (χ4v) is 3.21. The Hall–Kier alpha value is -3.84. The molecule has 0 aliphatic heterocycles. The topological polar surface area (TPSA) is 80.6 Å². The third-order valence-corrected chi connectivity index (χ3v) is 4.73. The number of methoxy groups -OCH3 is 1. The largest absolute Gasteiger partial charge is 0.495 e. The molecule has 0 unspecified atom stereocenters. The molecule has 31 heavy (non-hydrogen) atoms. The van der Waals surface area contributed by atoms with Crippen molar-refractivity contribution >= 4 is 45.8 Å². The van der Waals surface area contributed by atoms with Crippen molar-refractivity contribution in [2.75, 3.05) is 17.7 Å². The highest BCUT2D eigenvalue weighted by atomic mass is 35.5. The summed E-state index contributed by atoms with van der Waals surface area (Å²) in [4.78, 5) is 25.1. The Bertz CT molecular complexity index is 1300. The Morgan fingerprint density at radius 1 is 0.968 bits per heavy atom. The lowest BCUT2D eigenvalue weighted by Gasteiger charge is -2.12. The first-order chi connectivity index (χ1) is 14.9. The predicted molar refractivity (Wildman–Crippen MR) is 117 cm³/mol.